The van der Waals surface area contributed by atoms with Crippen molar-refractivity contribution in [3.8, 4) is 17.4 Å². The number of methoxy groups -OCH3 is 2. The number of anilines is 1. The molecule has 8 heteroatoms. The molecule has 1 aliphatic carbocycles. The van der Waals surface area contributed by atoms with E-state index < -0.39 is 0 Å². The van der Waals surface area contributed by atoms with Gasteiger partial charge in [0.2, 0.25) is 5.88 Å². The van der Waals surface area contributed by atoms with Crippen LogP contribution in [0.15, 0.2) is 24.5 Å². The number of amides is 1. The Morgan fingerprint density at radius 3 is 2.79 bits per heavy atom. The van der Waals surface area contributed by atoms with Crippen LogP contribution in [0.1, 0.15) is 23.3 Å². The average molecular weight is 399 g/mol. The minimum absolute atomic E-state index is 0.134. The van der Waals surface area contributed by atoms with Gasteiger partial charge in [0.25, 0.3) is 5.91 Å². The first-order valence-electron chi connectivity index (χ1n) is 9.09. The zero-order valence-corrected chi connectivity index (χ0v) is 16.6. The van der Waals surface area contributed by atoms with E-state index in [1.165, 1.54) is 23.2 Å². The van der Waals surface area contributed by atoms with Crippen molar-refractivity contribution in [3.63, 3.8) is 0 Å². The first kappa shape index (κ1) is 18.5. The van der Waals surface area contributed by atoms with Crippen molar-refractivity contribution in [1.82, 2.24) is 9.97 Å². The number of hydrogen-bond acceptors (Lipinski definition) is 7. The number of hydrogen-bond donors (Lipinski definition) is 1. The maximum atomic E-state index is 12.4. The van der Waals surface area contributed by atoms with Gasteiger partial charge < -0.3 is 19.5 Å². The summed E-state index contributed by atoms with van der Waals surface area (Å²) in [6.45, 7) is -0.134. The lowest BCUT2D eigenvalue weighted by atomic mass is 9.97. The van der Waals surface area contributed by atoms with Crippen molar-refractivity contribution in [2.75, 3.05) is 26.1 Å². The van der Waals surface area contributed by atoms with Gasteiger partial charge in [-0.1, -0.05) is 0 Å². The topological polar surface area (TPSA) is 82.6 Å². The average Bonchev–Trinajstić information content (AvgIpc) is 3.11. The van der Waals surface area contributed by atoms with Gasteiger partial charge in [0.1, 0.15) is 11.2 Å². The van der Waals surface area contributed by atoms with Crippen LogP contribution in [-0.4, -0.2) is 36.7 Å². The Bertz CT molecular complexity index is 1020. The highest BCUT2D eigenvalue weighted by Crippen LogP contribution is 2.39. The summed E-state index contributed by atoms with van der Waals surface area (Å²) in [6, 6.07) is 5.19. The Balaban J connectivity index is 1.47. The largest absolute Gasteiger partial charge is 0.493 e. The number of aryl methyl sites for hydroxylation is 2. The number of benzene rings is 1. The van der Waals surface area contributed by atoms with Gasteiger partial charge in [0, 0.05) is 16.6 Å². The summed E-state index contributed by atoms with van der Waals surface area (Å²) in [5.41, 5.74) is 1.88. The van der Waals surface area contributed by atoms with Gasteiger partial charge in [-0.3, -0.25) is 4.79 Å². The first-order chi connectivity index (χ1) is 13.7. The van der Waals surface area contributed by atoms with E-state index in [4.69, 9.17) is 14.2 Å². The maximum absolute atomic E-state index is 12.4. The van der Waals surface area contributed by atoms with Crippen molar-refractivity contribution >= 4 is 33.1 Å². The number of ether oxygens (including phenoxy) is 3. The van der Waals surface area contributed by atoms with E-state index in [1.807, 2.05) is 0 Å². The lowest BCUT2D eigenvalue weighted by molar-refractivity contribution is -0.118. The van der Waals surface area contributed by atoms with Crippen LogP contribution in [0, 0.1) is 0 Å². The van der Waals surface area contributed by atoms with E-state index in [9.17, 15) is 4.79 Å². The van der Waals surface area contributed by atoms with Crippen LogP contribution in [0.3, 0.4) is 0 Å². The van der Waals surface area contributed by atoms with E-state index in [1.54, 1.807) is 43.8 Å². The fraction of sp³-hybridized carbons (Fsp3) is 0.350. The smallest absolute Gasteiger partial charge is 0.262 e. The highest BCUT2D eigenvalue weighted by atomic mass is 32.1. The summed E-state index contributed by atoms with van der Waals surface area (Å²) in [4.78, 5) is 23.3. The molecule has 1 amide bonds. The van der Waals surface area contributed by atoms with Gasteiger partial charge in [0.05, 0.1) is 19.6 Å². The van der Waals surface area contributed by atoms with Crippen LogP contribution < -0.4 is 19.5 Å². The van der Waals surface area contributed by atoms with Gasteiger partial charge >= 0.3 is 0 Å². The standard InChI is InChI=1S/C20H21N3O4S/c1-25-14-8-7-12(9-15(14)26-2)23-17(24)10-27-19-18-13-5-3-4-6-16(13)28-20(18)22-11-21-19/h7-9,11H,3-6,10H2,1-2H3,(H,23,24). The molecular formula is C20H21N3O4S. The molecule has 0 unspecified atom stereocenters. The third-order valence-electron chi connectivity index (χ3n) is 4.72. The summed E-state index contributed by atoms with van der Waals surface area (Å²) in [5, 5.41) is 3.76. The zero-order valence-electron chi connectivity index (χ0n) is 15.8. The van der Waals surface area contributed by atoms with Crippen molar-refractivity contribution in [1.29, 1.82) is 0 Å². The summed E-state index contributed by atoms with van der Waals surface area (Å²) in [5.74, 6) is 1.35. The Labute approximate surface area is 166 Å². The number of thiophene rings is 1. The highest BCUT2D eigenvalue weighted by molar-refractivity contribution is 7.18. The van der Waals surface area contributed by atoms with Gasteiger partial charge in [-0.25, -0.2) is 9.97 Å². The van der Waals surface area contributed by atoms with Crippen molar-refractivity contribution in [3.05, 3.63) is 35.0 Å². The van der Waals surface area contributed by atoms with E-state index in [0.717, 1.165) is 29.5 Å². The fourth-order valence-electron chi connectivity index (χ4n) is 3.42. The van der Waals surface area contributed by atoms with Crippen LogP contribution in [0.2, 0.25) is 0 Å². The maximum Gasteiger partial charge on any atom is 0.262 e. The molecule has 1 aliphatic rings. The Hall–Kier alpha value is -2.87. The summed E-state index contributed by atoms with van der Waals surface area (Å²) in [6.07, 6.45) is 5.95. The fourth-order valence-corrected chi connectivity index (χ4v) is 4.64. The molecule has 0 spiro atoms. The van der Waals surface area contributed by atoms with Crippen molar-refractivity contribution in [2.45, 2.75) is 25.7 Å². The molecule has 0 radical (unpaired) electrons. The van der Waals surface area contributed by atoms with Gasteiger partial charge in [-0.2, -0.15) is 0 Å². The summed E-state index contributed by atoms with van der Waals surface area (Å²) >= 11 is 1.70. The summed E-state index contributed by atoms with van der Waals surface area (Å²) in [7, 11) is 3.12. The second-order valence-corrected chi connectivity index (χ2v) is 7.56. The third-order valence-corrected chi connectivity index (χ3v) is 5.92. The van der Waals surface area contributed by atoms with Crippen LogP contribution in [0.5, 0.6) is 17.4 Å². The number of fused-ring (bicyclic) bond motifs is 3. The van der Waals surface area contributed by atoms with E-state index >= 15 is 0 Å². The predicted octanol–water partition coefficient (Wildman–Crippen LogP) is 3.60. The molecule has 146 valence electrons. The van der Waals surface area contributed by atoms with Crippen LogP contribution >= 0.6 is 11.3 Å². The minimum Gasteiger partial charge on any atom is -0.493 e. The molecule has 0 atom stereocenters. The molecule has 0 aliphatic heterocycles. The van der Waals surface area contributed by atoms with Crippen LogP contribution in [0.4, 0.5) is 5.69 Å². The monoisotopic (exact) mass is 399 g/mol. The molecule has 3 aromatic rings. The molecular weight excluding hydrogens is 378 g/mol. The first-order valence-corrected chi connectivity index (χ1v) is 9.91. The second-order valence-electron chi connectivity index (χ2n) is 6.48. The number of nitrogens with one attached hydrogen (secondary N) is 1. The number of carbonyl (C=O) groups excluding carboxylic acids is 1. The number of rotatable bonds is 6. The normalized spacial score (nSPS) is 13.1. The molecule has 0 bridgehead atoms. The molecule has 0 saturated heterocycles. The van der Waals surface area contributed by atoms with E-state index in [0.29, 0.717) is 23.1 Å². The Morgan fingerprint density at radius 2 is 1.96 bits per heavy atom. The van der Waals surface area contributed by atoms with Gasteiger partial charge in [0.15, 0.2) is 18.1 Å². The third kappa shape index (κ3) is 3.60. The molecule has 2 aromatic heterocycles. The van der Waals surface area contributed by atoms with E-state index in [-0.39, 0.29) is 12.5 Å². The molecule has 2 heterocycles. The predicted molar refractivity (Wildman–Crippen MR) is 108 cm³/mol. The number of carbonyl (C=O) groups is 1. The molecule has 4 rings (SSSR count). The number of aromatic nitrogens is 2. The zero-order chi connectivity index (χ0) is 19.5. The Kier molecular flexibility index (Phi) is 5.29. The van der Waals surface area contributed by atoms with Gasteiger partial charge in [-0.15, -0.1) is 11.3 Å². The van der Waals surface area contributed by atoms with Crippen LogP contribution in [0.25, 0.3) is 10.2 Å². The molecule has 28 heavy (non-hydrogen) atoms. The quantitative estimate of drug-likeness (QED) is 0.682. The summed E-state index contributed by atoms with van der Waals surface area (Å²) < 4.78 is 16.2. The molecule has 0 fully saturated rings. The Morgan fingerprint density at radius 1 is 1.14 bits per heavy atom. The second kappa shape index (κ2) is 8.02. The lowest BCUT2D eigenvalue weighted by Crippen LogP contribution is -2.20. The number of nitrogens with zero attached hydrogens (tertiary/aromatic N) is 2. The highest BCUT2D eigenvalue weighted by Gasteiger charge is 2.21. The van der Waals surface area contributed by atoms with Crippen molar-refractivity contribution < 1.29 is 19.0 Å². The molecule has 1 N–H and O–H groups in total. The van der Waals surface area contributed by atoms with Crippen molar-refractivity contribution in [2.24, 2.45) is 0 Å². The molecule has 7 nitrogen and oxygen atoms in total. The van der Waals surface area contributed by atoms with Crippen LogP contribution in [-0.2, 0) is 17.6 Å². The minimum atomic E-state index is -0.275. The molecule has 0 saturated carbocycles. The van der Waals surface area contributed by atoms with E-state index in [2.05, 4.69) is 15.3 Å². The lowest BCUT2D eigenvalue weighted by Gasteiger charge is -2.12. The molecule has 1 aromatic carbocycles. The van der Waals surface area contributed by atoms with Gasteiger partial charge in [-0.05, 0) is 43.4 Å². The SMILES string of the molecule is COc1ccc(NC(=O)COc2ncnc3sc4c(c23)CCCC4)cc1OC.